The molecule has 0 saturated carbocycles. The van der Waals surface area contributed by atoms with Crippen LogP contribution in [0, 0.1) is 10.1 Å². The number of nitrogens with zero attached hydrogens (tertiary/aromatic N) is 3. The third-order valence-corrected chi connectivity index (χ3v) is 4.44. The Kier molecular flexibility index (Phi) is 4.52. The fraction of sp³-hybridized carbons (Fsp3) is 0.0952. The van der Waals surface area contributed by atoms with E-state index in [0.29, 0.717) is 22.5 Å². The van der Waals surface area contributed by atoms with Crippen LogP contribution < -0.4 is 5.43 Å². The molecule has 0 aliphatic heterocycles. The van der Waals surface area contributed by atoms with Crippen LogP contribution in [0.1, 0.15) is 24.3 Å². The van der Waals surface area contributed by atoms with Crippen molar-refractivity contribution in [3.8, 4) is 11.3 Å². The van der Waals surface area contributed by atoms with Crippen molar-refractivity contribution in [3.05, 3.63) is 70.4 Å². The van der Waals surface area contributed by atoms with Crippen LogP contribution in [-0.4, -0.2) is 26.5 Å². The fourth-order valence-electron chi connectivity index (χ4n) is 3.16. The molecule has 2 heterocycles. The number of non-ortho nitro benzene ring substituents is 1. The van der Waals surface area contributed by atoms with Crippen LogP contribution in [0.3, 0.4) is 0 Å². The molecule has 2 N–H and O–H groups in total. The van der Waals surface area contributed by atoms with Crippen LogP contribution in [0.5, 0.6) is 0 Å². The number of fused-ring (bicyclic) bond motifs is 3. The highest BCUT2D eigenvalue weighted by Gasteiger charge is 2.18. The number of benzene rings is 2. The lowest BCUT2D eigenvalue weighted by Gasteiger charge is -2.07. The van der Waals surface area contributed by atoms with E-state index >= 15 is 0 Å². The number of hydrogen-bond donors (Lipinski definition) is 2. The first-order chi connectivity index (χ1) is 13.9. The van der Waals surface area contributed by atoms with Crippen molar-refractivity contribution in [3.63, 3.8) is 0 Å². The number of hydrogen-bond acceptors (Lipinski definition) is 5. The van der Waals surface area contributed by atoms with Gasteiger partial charge in [-0.15, -0.1) is 0 Å². The van der Waals surface area contributed by atoms with Crippen molar-refractivity contribution >= 4 is 39.1 Å². The molecule has 8 nitrogen and oxygen atoms in total. The number of para-hydroxylation sites is 1. The molecule has 0 aliphatic carbocycles. The topological polar surface area (TPSA) is 113 Å². The molecule has 4 aromatic rings. The van der Waals surface area contributed by atoms with Crippen molar-refractivity contribution in [1.29, 1.82) is 0 Å². The van der Waals surface area contributed by atoms with E-state index in [1.54, 1.807) is 32.0 Å². The summed E-state index contributed by atoms with van der Waals surface area (Å²) in [5, 5.41) is 16.9. The van der Waals surface area contributed by atoms with E-state index in [0.717, 1.165) is 16.3 Å². The van der Waals surface area contributed by atoms with Crippen LogP contribution in [0.25, 0.3) is 33.1 Å². The first-order valence-electron chi connectivity index (χ1n) is 8.91. The van der Waals surface area contributed by atoms with Crippen molar-refractivity contribution < 1.29 is 9.72 Å². The largest absolute Gasteiger partial charge is 0.353 e. The van der Waals surface area contributed by atoms with E-state index in [-0.39, 0.29) is 11.4 Å². The second kappa shape index (κ2) is 7.16. The summed E-state index contributed by atoms with van der Waals surface area (Å²) in [6.07, 6.45) is 0. The number of pyridine rings is 1. The smallest absolute Gasteiger partial charge is 0.289 e. The average Bonchev–Trinajstić information content (AvgIpc) is 3.10. The maximum absolute atomic E-state index is 12.6. The van der Waals surface area contributed by atoms with Gasteiger partial charge in [0, 0.05) is 39.7 Å². The SMILES string of the molecule is CC(C)=NNC(=O)c1cc2c([nH]c3ccccc32)c(-c2cccc([N+](=O)[O-])c2)n1. The lowest BCUT2D eigenvalue weighted by molar-refractivity contribution is -0.384. The molecule has 2 aromatic carbocycles. The minimum atomic E-state index is -0.457. The molecule has 0 aliphatic rings. The van der Waals surface area contributed by atoms with Gasteiger partial charge in [0.05, 0.1) is 16.1 Å². The zero-order valence-corrected chi connectivity index (χ0v) is 15.8. The van der Waals surface area contributed by atoms with Crippen LogP contribution in [0.15, 0.2) is 59.7 Å². The molecule has 0 spiro atoms. The number of carbonyl (C=O) groups is 1. The third kappa shape index (κ3) is 3.43. The van der Waals surface area contributed by atoms with Crippen molar-refractivity contribution in [2.75, 3.05) is 0 Å². The third-order valence-electron chi connectivity index (χ3n) is 4.44. The van der Waals surface area contributed by atoms with Crippen molar-refractivity contribution in [2.45, 2.75) is 13.8 Å². The number of carbonyl (C=O) groups excluding carboxylic acids is 1. The van der Waals surface area contributed by atoms with Gasteiger partial charge >= 0.3 is 0 Å². The van der Waals surface area contributed by atoms with E-state index in [4.69, 9.17) is 0 Å². The first kappa shape index (κ1) is 18.3. The van der Waals surface area contributed by atoms with Gasteiger partial charge in [-0.2, -0.15) is 5.10 Å². The molecule has 0 bridgehead atoms. The van der Waals surface area contributed by atoms with Gasteiger partial charge in [-0.1, -0.05) is 30.3 Å². The number of H-pyrrole nitrogens is 1. The fourth-order valence-corrected chi connectivity index (χ4v) is 3.16. The summed E-state index contributed by atoms with van der Waals surface area (Å²) in [5.74, 6) is -0.454. The Hall–Kier alpha value is -4.07. The molecule has 144 valence electrons. The monoisotopic (exact) mass is 387 g/mol. The highest BCUT2D eigenvalue weighted by molar-refractivity contribution is 6.13. The molecule has 4 rings (SSSR count). The molecule has 0 unspecified atom stereocenters. The average molecular weight is 387 g/mol. The second-order valence-corrected chi connectivity index (χ2v) is 6.76. The quantitative estimate of drug-likeness (QED) is 0.306. The molecular weight excluding hydrogens is 370 g/mol. The summed E-state index contributed by atoms with van der Waals surface area (Å²) in [4.78, 5) is 31.2. The maximum atomic E-state index is 12.6. The standard InChI is InChI=1S/C21H17N5O3/c1-12(2)24-25-21(27)18-11-16-15-8-3-4-9-17(15)22-20(16)19(23-18)13-6-5-7-14(10-13)26(28)29/h3-11,22H,1-2H3,(H,25,27). The number of nitro benzene ring substituents is 1. The molecule has 29 heavy (non-hydrogen) atoms. The van der Waals surface area contributed by atoms with Crippen LogP contribution >= 0.6 is 0 Å². The van der Waals surface area contributed by atoms with Gasteiger partial charge in [0.2, 0.25) is 0 Å². The molecule has 0 fully saturated rings. The Morgan fingerprint density at radius 3 is 2.66 bits per heavy atom. The lowest BCUT2D eigenvalue weighted by atomic mass is 10.1. The van der Waals surface area contributed by atoms with Gasteiger partial charge in [0.1, 0.15) is 5.69 Å². The summed E-state index contributed by atoms with van der Waals surface area (Å²) in [7, 11) is 0. The summed E-state index contributed by atoms with van der Waals surface area (Å²) >= 11 is 0. The van der Waals surface area contributed by atoms with Gasteiger partial charge < -0.3 is 4.98 Å². The Bertz CT molecular complexity index is 1300. The van der Waals surface area contributed by atoms with Gasteiger partial charge in [-0.3, -0.25) is 14.9 Å². The number of amides is 1. The summed E-state index contributed by atoms with van der Waals surface area (Å²) in [5.41, 5.74) is 5.90. The van der Waals surface area contributed by atoms with E-state index < -0.39 is 10.8 Å². The van der Waals surface area contributed by atoms with Gasteiger partial charge in [0.25, 0.3) is 11.6 Å². The second-order valence-electron chi connectivity index (χ2n) is 6.76. The number of nitro groups is 1. The van der Waals surface area contributed by atoms with Crippen LogP contribution in [-0.2, 0) is 0 Å². The van der Waals surface area contributed by atoms with Gasteiger partial charge in [-0.25, -0.2) is 10.4 Å². The predicted octanol–water partition coefficient (Wildman–Crippen LogP) is 4.42. The molecule has 0 atom stereocenters. The molecule has 0 radical (unpaired) electrons. The van der Waals surface area contributed by atoms with Crippen molar-refractivity contribution in [1.82, 2.24) is 15.4 Å². The Morgan fingerprint density at radius 2 is 1.90 bits per heavy atom. The van der Waals surface area contributed by atoms with Crippen LogP contribution in [0.4, 0.5) is 5.69 Å². The van der Waals surface area contributed by atoms with E-state index in [2.05, 4.69) is 20.5 Å². The van der Waals surface area contributed by atoms with Gasteiger partial charge in [-0.05, 0) is 26.0 Å². The van der Waals surface area contributed by atoms with Gasteiger partial charge in [0.15, 0.2) is 0 Å². The maximum Gasteiger partial charge on any atom is 0.289 e. The van der Waals surface area contributed by atoms with E-state index in [1.165, 1.54) is 12.1 Å². The zero-order chi connectivity index (χ0) is 20.5. The highest BCUT2D eigenvalue weighted by atomic mass is 16.6. The Labute approximate surface area is 165 Å². The van der Waals surface area contributed by atoms with E-state index in [9.17, 15) is 14.9 Å². The minimum absolute atomic E-state index is 0.0466. The Balaban J connectivity index is 1.99. The number of nitrogens with one attached hydrogen (secondary N) is 2. The molecule has 8 heteroatoms. The highest BCUT2D eigenvalue weighted by Crippen LogP contribution is 2.33. The molecule has 2 aromatic heterocycles. The first-order valence-corrected chi connectivity index (χ1v) is 8.91. The number of aromatic amines is 1. The summed E-state index contributed by atoms with van der Waals surface area (Å²) in [6, 6.07) is 15.6. The van der Waals surface area contributed by atoms with Crippen LogP contribution in [0.2, 0.25) is 0 Å². The summed E-state index contributed by atoms with van der Waals surface area (Å²) in [6.45, 7) is 3.54. The number of hydrazone groups is 1. The lowest BCUT2D eigenvalue weighted by Crippen LogP contribution is -2.20. The predicted molar refractivity (Wildman–Crippen MR) is 112 cm³/mol. The number of rotatable bonds is 4. The summed E-state index contributed by atoms with van der Waals surface area (Å²) < 4.78 is 0. The van der Waals surface area contributed by atoms with Crippen molar-refractivity contribution in [2.24, 2.45) is 5.10 Å². The minimum Gasteiger partial charge on any atom is -0.353 e. The zero-order valence-electron chi connectivity index (χ0n) is 15.8. The van der Waals surface area contributed by atoms with E-state index in [1.807, 2.05) is 24.3 Å². The molecular formula is C21H17N5O3. The molecule has 1 amide bonds. The molecule has 0 saturated heterocycles. The Morgan fingerprint density at radius 1 is 1.10 bits per heavy atom. The number of aromatic nitrogens is 2. The normalized spacial score (nSPS) is 10.8.